The van der Waals surface area contributed by atoms with E-state index in [1.165, 1.54) is 16.9 Å². The lowest BCUT2D eigenvalue weighted by Crippen LogP contribution is -2.47. The summed E-state index contributed by atoms with van der Waals surface area (Å²) in [4.78, 5) is 14.1. The van der Waals surface area contributed by atoms with E-state index in [0.29, 0.717) is 6.54 Å². The number of nitrogens with one attached hydrogen (secondary N) is 1. The molecule has 1 fully saturated rings. The van der Waals surface area contributed by atoms with Crippen LogP contribution < -0.4 is 5.32 Å². The normalized spacial score (nSPS) is 20.8. The van der Waals surface area contributed by atoms with Crippen molar-refractivity contribution in [3.63, 3.8) is 0 Å². The van der Waals surface area contributed by atoms with Crippen LogP contribution in [-0.2, 0) is 12.8 Å². The van der Waals surface area contributed by atoms with Gasteiger partial charge in [0.25, 0.3) is 5.91 Å². The third-order valence-electron chi connectivity index (χ3n) is 3.83. The van der Waals surface area contributed by atoms with Gasteiger partial charge in [0.05, 0.1) is 10.5 Å². The van der Waals surface area contributed by atoms with E-state index in [1.54, 1.807) is 11.3 Å². The van der Waals surface area contributed by atoms with Crippen LogP contribution in [0.5, 0.6) is 0 Å². The molecule has 0 aromatic carbocycles. The number of aryl methyl sites for hydroxylation is 2. The molecule has 3 rings (SSSR count). The molecule has 17 heavy (non-hydrogen) atoms. The third kappa shape index (κ3) is 2.11. The van der Waals surface area contributed by atoms with Crippen LogP contribution in [0.1, 0.15) is 45.8 Å². The summed E-state index contributed by atoms with van der Waals surface area (Å²) in [7, 11) is 0. The van der Waals surface area contributed by atoms with Crippen molar-refractivity contribution in [2.75, 3.05) is 6.54 Å². The van der Waals surface area contributed by atoms with Gasteiger partial charge in [0.1, 0.15) is 0 Å². The molecule has 0 unspecified atom stereocenters. The van der Waals surface area contributed by atoms with Crippen LogP contribution in [0.15, 0.2) is 6.07 Å². The molecular weight excluding hydrogens is 234 g/mol. The van der Waals surface area contributed by atoms with Crippen molar-refractivity contribution in [2.24, 2.45) is 0 Å². The Labute approximate surface area is 105 Å². The standard InChI is InChI=1S/C13H17NO2S/c15-12(14-8-13(16)5-2-6-13)11-7-9-3-1-4-10(9)17-11/h7,16H,1-6,8H2,(H,14,15). The predicted octanol–water partition coefficient (Wildman–Crippen LogP) is 1.88. The van der Waals surface area contributed by atoms with Gasteiger partial charge in [-0.1, -0.05) is 0 Å². The fourth-order valence-corrected chi connectivity index (χ4v) is 3.70. The van der Waals surface area contributed by atoms with E-state index in [-0.39, 0.29) is 5.91 Å². The van der Waals surface area contributed by atoms with Crippen molar-refractivity contribution in [3.8, 4) is 0 Å². The van der Waals surface area contributed by atoms with Gasteiger partial charge in [0, 0.05) is 11.4 Å². The molecule has 3 nitrogen and oxygen atoms in total. The highest BCUT2D eigenvalue weighted by molar-refractivity contribution is 7.14. The van der Waals surface area contributed by atoms with Crippen LogP contribution in [0.2, 0.25) is 0 Å². The van der Waals surface area contributed by atoms with E-state index >= 15 is 0 Å². The molecule has 1 aromatic heterocycles. The van der Waals surface area contributed by atoms with Gasteiger partial charge < -0.3 is 10.4 Å². The number of rotatable bonds is 3. The molecular formula is C13H17NO2S. The average molecular weight is 251 g/mol. The molecule has 2 N–H and O–H groups in total. The van der Waals surface area contributed by atoms with Gasteiger partial charge >= 0.3 is 0 Å². The van der Waals surface area contributed by atoms with E-state index in [9.17, 15) is 9.90 Å². The summed E-state index contributed by atoms with van der Waals surface area (Å²) in [5.74, 6) is -0.0234. The summed E-state index contributed by atoms with van der Waals surface area (Å²) in [6.07, 6.45) is 6.16. The molecule has 0 aliphatic heterocycles. The Kier molecular flexibility index (Phi) is 2.71. The van der Waals surface area contributed by atoms with Crippen molar-refractivity contribution >= 4 is 17.2 Å². The number of amides is 1. The highest BCUT2D eigenvalue weighted by Gasteiger charge is 2.34. The van der Waals surface area contributed by atoms with E-state index in [4.69, 9.17) is 0 Å². The van der Waals surface area contributed by atoms with Gasteiger partial charge in [-0.2, -0.15) is 0 Å². The molecule has 1 amide bonds. The molecule has 1 aromatic rings. The number of thiophene rings is 1. The summed E-state index contributed by atoms with van der Waals surface area (Å²) in [5.41, 5.74) is 0.720. The van der Waals surface area contributed by atoms with Crippen molar-refractivity contribution in [1.29, 1.82) is 0 Å². The quantitative estimate of drug-likeness (QED) is 0.861. The van der Waals surface area contributed by atoms with Crippen molar-refractivity contribution in [3.05, 3.63) is 21.4 Å². The first-order valence-corrected chi connectivity index (χ1v) is 7.10. The lowest BCUT2D eigenvalue weighted by Gasteiger charge is -2.36. The van der Waals surface area contributed by atoms with Crippen molar-refractivity contribution < 1.29 is 9.90 Å². The lowest BCUT2D eigenvalue weighted by molar-refractivity contribution is -0.0300. The molecule has 1 saturated carbocycles. The average Bonchev–Trinajstić information content (AvgIpc) is 2.82. The fraction of sp³-hybridized carbons (Fsp3) is 0.615. The van der Waals surface area contributed by atoms with Crippen LogP contribution in [-0.4, -0.2) is 23.2 Å². The molecule has 0 radical (unpaired) electrons. The fourth-order valence-electron chi connectivity index (χ4n) is 2.53. The maximum absolute atomic E-state index is 11.9. The van der Waals surface area contributed by atoms with Gasteiger partial charge in [-0.15, -0.1) is 11.3 Å². The van der Waals surface area contributed by atoms with Crippen molar-refractivity contribution in [1.82, 2.24) is 5.32 Å². The second-order valence-electron chi connectivity index (χ2n) is 5.17. The van der Waals surface area contributed by atoms with Gasteiger partial charge in [-0.25, -0.2) is 0 Å². The molecule has 92 valence electrons. The highest BCUT2D eigenvalue weighted by atomic mass is 32.1. The molecule has 0 bridgehead atoms. The summed E-state index contributed by atoms with van der Waals surface area (Å²) < 4.78 is 0. The largest absolute Gasteiger partial charge is 0.388 e. The maximum Gasteiger partial charge on any atom is 0.261 e. The first-order valence-electron chi connectivity index (χ1n) is 6.28. The van der Waals surface area contributed by atoms with Crippen LogP contribution in [0, 0.1) is 0 Å². The van der Waals surface area contributed by atoms with E-state index in [0.717, 1.165) is 37.0 Å². The van der Waals surface area contributed by atoms with Crippen LogP contribution >= 0.6 is 11.3 Å². The monoisotopic (exact) mass is 251 g/mol. The minimum atomic E-state index is -0.629. The first-order chi connectivity index (χ1) is 8.16. The van der Waals surface area contributed by atoms with Crippen LogP contribution in [0.3, 0.4) is 0 Å². The first kappa shape index (κ1) is 11.2. The minimum absolute atomic E-state index is 0.0234. The maximum atomic E-state index is 11.9. The Balaban J connectivity index is 1.61. The predicted molar refractivity (Wildman–Crippen MR) is 67.5 cm³/mol. The van der Waals surface area contributed by atoms with E-state index < -0.39 is 5.60 Å². The zero-order valence-electron chi connectivity index (χ0n) is 9.79. The molecule has 0 spiro atoms. The second kappa shape index (κ2) is 4.10. The van der Waals surface area contributed by atoms with Gasteiger partial charge in [0.2, 0.25) is 0 Å². The molecule has 2 aliphatic carbocycles. The SMILES string of the molecule is O=C(NCC1(O)CCC1)c1cc2c(s1)CCC2. The number of hydrogen-bond acceptors (Lipinski definition) is 3. The van der Waals surface area contributed by atoms with E-state index in [2.05, 4.69) is 5.32 Å². The Morgan fingerprint density at radius 2 is 2.24 bits per heavy atom. The Morgan fingerprint density at radius 3 is 2.88 bits per heavy atom. The highest BCUT2D eigenvalue weighted by Crippen LogP contribution is 2.32. The van der Waals surface area contributed by atoms with Crippen LogP contribution in [0.25, 0.3) is 0 Å². The number of carbonyl (C=O) groups is 1. The van der Waals surface area contributed by atoms with Gasteiger partial charge in [0.15, 0.2) is 0 Å². The number of carbonyl (C=O) groups excluding carboxylic acids is 1. The molecule has 0 saturated heterocycles. The molecule has 2 aliphatic rings. The van der Waals surface area contributed by atoms with Gasteiger partial charge in [-0.3, -0.25) is 4.79 Å². The van der Waals surface area contributed by atoms with E-state index in [1.807, 2.05) is 6.07 Å². The zero-order valence-corrected chi connectivity index (χ0v) is 10.6. The topological polar surface area (TPSA) is 49.3 Å². The summed E-state index contributed by atoms with van der Waals surface area (Å²) in [5, 5.41) is 12.8. The minimum Gasteiger partial charge on any atom is -0.388 e. The number of hydrogen-bond donors (Lipinski definition) is 2. The Morgan fingerprint density at radius 1 is 1.41 bits per heavy atom. The zero-order chi connectivity index (χ0) is 11.9. The summed E-state index contributed by atoms with van der Waals surface area (Å²) in [6.45, 7) is 0.397. The summed E-state index contributed by atoms with van der Waals surface area (Å²) in [6, 6.07) is 2.02. The third-order valence-corrected chi connectivity index (χ3v) is 5.07. The van der Waals surface area contributed by atoms with Gasteiger partial charge in [-0.05, 0) is 50.2 Å². The second-order valence-corrected chi connectivity index (χ2v) is 6.31. The summed E-state index contributed by atoms with van der Waals surface area (Å²) >= 11 is 1.61. The van der Waals surface area contributed by atoms with Crippen molar-refractivity contribution in [2.45, 2.75) is 44.1 Å². The lowest BCUT2D eigenvalue weighted by atomic mass is 9.80. The molecule has 1 heterocycles. The Bertz CT molecular complexity index is 427. The smallest absolute Gasteiger partial charge is 0.261 e. The number of aliphatic hydroxyl groups is 1. The van der Waals surface area contributed by atoms with Crippen LogP contribution in [0.4, 0.5) is 0 Å². The molecule has 0 atom stereocenters. The molecule has 4 heteroatoms. The number of fused-ring (bicyclic) bond motifs is 1. The Hall–Kier alpha value is -0.870.